The highest BCUT2D eigenvalue weighted by molar-refractivity contribution is 5.90. The molecule has 7 nitrogen and oxygen atoms in total. The number of hydrogen-bond donors (Lipinski definition) is 1. The van der Waals surface area contributed by atoms with E-state index in [9.17, 15) is 4.79 Å². The molecule has 3 aromatic heterocycles. The van der Waals surface area contributed by atoms with Crippen molar-refractivity contribution in [3.63, 3.8) is 0 Å². The SMILES string of the molecule is NC(=O)c1cn2cc(-c3ncccn3)nc2cn1. The summed E-state index contributed by atoms with van der Waals surface area (Å²) in [6, 6.07) is 1.73. The van der Waals surface area contributed by atoms with Crippen LogP contribution in [0, 0.1) is 0 Å². The molecule has 18 heavy (non-hydrogen) atoms. The lowest BCUT2D eigenvalue weighted by Gasteiger charge is -1.95. The molecule has 2 N–H and O–H groups in total. The summed E-state index contributed by atoms with van der Waals surface area (Å²) in [5.74, 6) is -0.0649. The highest BCUT2D eigenvalue weighted by Crippen LogP contribution is 2.13. The van der Waals surface area contributed by atoms with Crippen LogP contribution in [0.3, 0.4) is 0 Å². The summed E-state index contributed by atoms with van der Waals surface area (Å²) < 4.78 is 1.67. The summed E-state index contributed by atoms with van der Waals surface area (Å²) in [7, 11) is 0. The van der Waals surface area contributed by atoms with Crippen LogP contribution in [0.1, 0.15) is 10.5 Å². The Bertz CT molecular complexity index is 721. The molecule has 0 radical (unpaired) electrons. The quantitative estimate of drug-likeness (QED) is 0.693. The monoisotopic (exact) mass is 240 g/mol. The van der Waals surface area contributed by atoms with Crippen molar-refractivity contribution in [2.45, 2.75) is 0 Å². The number of carbonyl (C=O) groups excluding carboxylic acids is 1. The molecule has 0 aromatic carbocycles. The first-order valence-corrected chi connectivity index (χ1v) is 5.16. The molecule has 0 aliphatic rings. The first-order chi connectivity index (χ1) is 8.74. The average Bonchev–Trinajstić information content (AvgIpc) is 2.82. The number of nitrogens with zero attached hydrogens (tertiary/aromatic N) is 5. The zero-order valence-electron chi connectivity index (χ0n) is 9.19. The van der Waals surface area contributed by atoms with E-state index in [0.29, 0.717) is 17.2 Å². The van der Waals surface area contributed by atoms with Crippen molar-refractivity contribution in [1.29, 1.82) is 0 Å². The van der Waals surface area contributed by atoms with Gasteiger partial charge in [0.15, 0.2) is 11.5 Å². The van der Waals surface area contributed by atoms with Gasteiger partial charge >= 0.3 is 0 Å². The fourth-order valence-electron chi connectivity index (χ4n) is 1.57. The van der Waals surface area contributed by atoms with E-state index in [0.717, 1.165) is 0 Å². The standard InChI is InChI=1S/C11H8N6O/c12-10(18)7-5-17-6-8(16-9(17)4-15-7)11-13-2-1-3-14-11/h1-6H,(H2,12,18). The van der Waals surface area contributed by atoms with Gasteiger partial charge in [-0.15, -0.1) is 0 Å². The van der Waals surface area contributed by atoms with Crippen LogP contribution in [0.2, 0.25) is 0 Å². The van der Waals surface area contributed by atoms with Gasteiger partial charge in [0.2, 0.25) is 0 Å². The third kappa shape index (κ3) is 1.67. The number of carbonyl (C=O) groups is 1. The van der Waals surface area contributed by atoms with Crippen molar-refractivity contribution in [2.75, 3.05) is 0 Å². The Morgan fingerprint density at radius 2 is 1.94 bits per heavy atom. The molecule has 0 unspecified atom stereocenters. The topological polar surface area (TPSA) is 99.1 Å². The number of rotatable bonds is 2. The number of amides is 1. The van der Waals surface area contributed by atoms with Crippen LogP contribution in [0.15, 0.2) is 37.1 Å². The summed E-state index contributed by atoms with van der Waals surface area (Å²) in [5.41, 5.74) is 6.55. The largest absolute Gasteiger partial charge is 0.364 e. The molecule has 0 aliphatic carbocycles. The van der Waals surface area contributed by atoms with Gasteiger partial charge in [0.05, 0.1) is 6.20 Å². The Labute approximate surface area is 101 Å². The summed E-state index contributed by atoms with van der Waals surface area (Å²) in [5, 5.41) is 0. The van der Waals surface area contributed by atoms with Gasteiger partial charge in [0.1, 0.15) is 11.4 Å². The van der Waals surface area contributed by atoms with Gasteiger partial charge < -0.3 is 10.1 Å². The highest BCUT2D eigenvalue weighted by Gasteiger charge is 2.09. The molecule has 3 rings (SSSR count). The minimum Gasteiger partial charge on any atom is -0.364 e. The lowest BCUT2D eigenvalue weighted by atomic mass is 10.4. The Hall–Kier alpha value is -2.83. The summed E-state index contributed by atoms with van der Waals surface area (Å²) in [4.78, 5) is 27.4. The van der Waals surface area contributed by atoms with E-state index in [1.807, 2.05) is 0 Å². The fourth-order valence-corrected chi connectivity index (χ4v) is 1.57. The summed E-state index contributed by atoms with van der Waals surface area (Å²) in [6.45, 7) is 0. The molecule has 0 spiro atoms. The van der Waals surface area contributed by atoms with Crippen LogP contribution in [-0.4, -0.2) is 30.2 Å². The van der Waals surface area contributed by atoms with Gasteiger partial charge in [-0.3, -0.25) is 4.79 Å². The molecular weight excluding hydrogens is 232 g/mol. The van der Waals surface area contributed by atoms with Crippen molar-refractivity contribution < 1.29 is 4.79 Å². The van der Waals surface area contributed by atoms with Crippen molar-refractivity contribution in [2.24, 2.45) is 5.73 Å². The van der Waals surface area contributed by atoms with Crippen LogP contribution in [0.4, 0.5) is 0 Å². The van der Waals surface area contributed by atoms with Gasteiger partial charge in [-0.1, -0.05) is 0 Å². The predicted octanol–water partition coefficient (Wildman–Crippen LogP) is 0.285. The summed E-state index contributed by atoms with van der Waals surface area (Å²) >= 11 is 0. The zero-order chi connectivity index (χ0) is 12.5. The second kappa shape index (κ2) is 3.88. The Kier molecular flexibility index (Phi) is 2.23. The number of hydrogen-bond acceptors (Lipinski definition) is 5. The molecule has 0 fully saturated rings. The molecular formula is C11H8N6O. The van der Waals surface area contributed by atoms with E-state index < -0.39 is 5.91 Å². The van der Waals surface area contributed by atoms with E-state index in [1.54, 1.807) is 29.1 Å². The maximum atomic E-state index is 11.0. The minimum absolute atomic E-state index is 0.181. The number of fused-ring (bicyclic) bond motifs is 1. The Morgan fingerprint density at radius 3 is 2.67 bits per heavy atom. The van der Waals surface area contributed by atoms with E-state index in [2.05, 4.69) is 19.9 Å². The fraction of sp³-hybridized carbons (Fsp3) is 0. The van der Waals surface area contributed by atoms with Crippen LogP contribution < -0.4 is 5.73 Å². The van der Waals surface area contributed by atoms with E-state index in [1.165, 1.54) is 12.4 Å². The molecule has 0 saturated carbocycles. The molecule has 88 valence electrons. The molecule has 7 heteroatoms. The number of nitrogens with two attached hydrogens (primary N) is 1. The maximum absolute atomic E-state index is 11.0. The third-order valence-electron chi connectivity index (χ3n) is 2.39. The lowest BCUT2D eigenvalue weighted by Crippen LogP contribution is -2.13. The number of imidazole rings is 1. The van der Waals surface area contributed by atoms with Gasteiger partial charge in [-0.05, 0) is 6.07 Å². The highest BCUT2D eigenvalue weighted by atomic mass is 16.1. The molecule has 0 aliphatic heterocycles. The van der Waals surface area contributed by atoms with E-state index in [-0.39, 0.29) is 5.69 Å². The molecule has 3 aromatic rings. The van der Waals surface area contributed by atoms with Crippen molar-refractivity contribution >= 4 is 11.6 Å². The molecule has 1 amide bonds. The van der Waals surface area contributed by atoms with E-state index in [4.69, 9.17) is 5.73 Å². The first kappa shape index (κ1) is 10.3. The smallest absolute Gasteiger partial charge is 0.268 e. The van der Waals surface area contributed by atoms with Crippen molar-refractivity contribution in [3.05, 3.63) is 42.7 Å². The number of aromatic nitrogens is 5. The lowest BCUT2D eigenvalue weighted by molar-refractivity contribution is 0.0995. The predicted molar refractivity (Wildman–Crippen MR) is 62.5 cm³/mol. The first-order valence-electron chi connectivity index (χ1n) is 5.16. The second-order valence-corrected chi connectivity index (χ2v) is 3.60. The van der Waals surface area contributed by atoms with Gasteiger partial charge in [0.25, 0.3) is 5.91 Å². The zero-order valence-corrected chi connectivity index (χ0v) is 9.19. The average molecular weight is 240 g/mol. The summed E-state index contributed by atoms with van der Waals surface area (Å²) in [6.07, 6.45) is 8.00. The second-order valence-electron chi connectivity index (χ2n) is 3.60. The van der Waals surface area contributed by atoms with Crippen LogP contribution >= 0.6 is 0 Å². The third-order valence-corrected chi connectivity index (χ3v) is 2.39. The molecule has 0 atom stereocenters. The van der Waals surface area contributed by atoms with Gasteiger partial charge in [0, 0.05) is 24.8 Å². The van der Waals surface area contributed by atoms with Crippen molar-refractivity contribution in [3.8, 4) is 11.5 Å². The van der Waals surface area contributed by atoms with Crippen LogP contribution in [0.25, 0.3) is 17.2 Å². The maximum Gasteiger partial charge on any atom is 0.268 e. The van der Waals surface area contributed by atoms with E-state index >= 15 is 0 Å². The van der Waals surface area contributed by atoms with Crippen LogP contribution in [-0.2, 0) is 0 Å². The minimum atomic E-state index is -0.580. The Balaban J connectivity index is 2.14. The van der Waals surface area contributed by atoms with Gasteiger partial charge in [-0.2, -0.15) is 0 Å². The number of primary amides is 1. The Morgan fingerprint density at radius 1 is 1.17 bits per heavy atom. The molecule has 0 saturated heterocycles. The molecule has 0 bridgehead atoms. The normalized spacial score (nSPS) is 10.7. The van der Waals surface area contributed by atoms with Crippen LogP contribution in [0.5, 0.6) is 0 Å². The molecule has 3 heterocycles. The van der Waals surface area contributed by atoms with Gasteiger partial charge in [-0.25, -0.2) is 19.9 Å². The van der Waals surface area contributed by atoms with Crippen molar-refractivity contribution in [1.82, 2.24) is 24.3 Å².